The molecule has 0 unspecified atom stereocenters. The number of hydrogen-bond acceptors (Lipinski definition) is 6. The fraction of sp³-hybridized carbons (Fsp3) is 0.941. The van der Waals surface area contributed by atoms with Gasteiger partial charge in [-0.15, -0.1) is 11.6 Å². The van der Waals surface area contributed by atoms with Crippen LogP contribution in [-0.4, -0.2) is 89.7 Å². The normalized spacial score (nSPS) is 11.0. The second-order valence-electron chi connectivity index (χ2n) is 5.40. The van der Waals surface area contributed by atoms with Crippen molar-refractivity contribution < 1.29 is 33.6 Å². The van der Waals surface area contributed by atoms with E-state index in [1.54, 1.807) is 0 Å². The second kappa shape index (κ2) is 22.4. The van der Waals surface area contributed by atoms with Gasteiger partial charge in [-0.05, 0) is 12.8 Å². The van der Waals surface area contributed by atoms with Crippen LogP contribution in [0.3, 0.4) is 0 Å². The molecule has 2 N–H and O–H groups in total. The first-order valence-electron chi connectivity index (χ1n) is 9.19. The van der Waals surface area contributed by atoms with E-state index in [0.29, 0.717) is 59.5 Å². The highest BCUT2D eigenvalue weighted by molar-refractivity contribution is 6.17. The lowest BCUT2D eigenvalue weighted by Crippen LogP contribution is -2.25. The van der Waals surface area contributed by atoms with E-state index in [1.165, 1.54) is 6.42 Å². The maximum Gasteiger partial charge on any atom is 0.404 e. The fourth-order valence-electron chi connectivity index (χ4n) is 1.86. The van der Waals surface area contributed by atoms with E-state index in [9.17, 15) is 4.79 Å². The third-order valence-corrected chi connectivity index (χ3v) is 3.45. The standard InChI is InChI=1S/C17H34ClNO7/c18-5-3-1-2-4-7-22-9-11-24-13-15-26-16-14-25-12-10-23-8-6-19-17(20)21/h19H,1-16H2,(H,20,21). The average Bonchev–Trinajstić information content (AvgIpc) is 2.62. The largest absolute Gasteiger partial charge is 0.465 e. The number of carboxylic acid groups (broad SMARTS) is 1. The van der Waals surface area contributed by atoms with Crippen molar-refractivity contribution in [1.82, 2.24) is 5.32 Å². The lowest BCUT2D eigenvalue weighted by Gasteiger charge is -2.08. The van der Waals surface area contributed by atoms with E-state index >= 15 is 0 Å². The number of ether oxygens (including phenoxy) is 5. The maximum atomic E-state index is 10.2. The molecule has 0 aromatic rings. The minimum Gasteiger partial charge on any atom is -0.465 e. The molecule has 9 heteroatoms. The Hall–Kier alpha value is -0.640. The zero-order chi connectivity index (χ0) is 19.1. The molecule has 0 bridgehead atoms. The van der Waals surface area contributed by atoms with Crippen molar-refractivity contribution in [3.05, 3.63) is 0 Å². The summed E-state index contributed by atoms with van der Waals surface area (Å²) in [5.41, 5.74) is 0. The second-order valence-corrected chi connectivity index (χ2v) is 5.77. The zero-order valence-electron chi connectivity index (χ0n) is 15.6. The van der Waals surface area contributed by atoms with Gasteiger partial charge in [-0.3, -0.25) is 0 Å². The summed E-state index contributed by atoms with van der Waals surface area (Å²) in [5.74, 6) is 0.741. The van der Waals surface area contributed by atoms with Crippen molar-refractivity contribution in [3.8, 4) is 0 Å². The topological polar surface area (TPSA) is 95.5 Å². The predicted molar refractivity (Wildman–Crippen MR) is 99.3 cm³/mol. The highest BCUT2D eigenvalue weighted by atomic mass is 35.5. The van der Waals surface area contributed by atoms with Crippen LogP contribution in [0.4, 0.5) is 4.79 Å². The Bertz CT molecular complexity index is 298. The molecule has 0 spiro atoms. The van der Waals surface area contributed by atoms with E-state index in [0.717, 1.165) is 31.7 Å². The predicted octanol–water partition coefficient (Wildman–Crippen LogP) is 2.14. The minimum atomic E-state index is -1.05. The Balaban J connectivity index is 2.98. The number of carbonyl (C=O) groups is 1. The van der Waals surface area contributed by atoms with E-state index in [-0.39, 0.29) is 6.54 Å². The summed E-state index contributed by atoms with van der Waals surface area (Å²) in [6, 6.07) is 0. The molecule has 0 rings (SSSR count). The molecule has 0 aliphatic carbocycles. The lowest BCUT2D eigenvalue weighted by molar-refractivity contribution is -0.0109. The van der Waals surface area contributed by atoms with Crippen LogP contribution in [0.15, 0.2) is 0 Å². The molecular weight excluding hydrogens is 366 g/mol. The summed E-state index contributed by atoms with van der Waals surface area (Å²) < 4.78 is 26.7. The van der Waals surface area contributed by atoms with Crippen LogP contribution in [0.1, 0.15) is 25.7 Å². The molecule has 26 heavy (non-hydrogen) atoms. The van der Waals surface area contributed by atoms with E-state index < -0.39 is 6.09 Å². The summed E-state index contributed by atoms with van der Waals surface area (Å²) in [7, 11) is 0. The third-order valence-electron chi connectivity index (χ3n) is 3.18. The van der Waals surface area contributed by atoms with Gasteiger partial charge in [-0.2, -0.15) is 0 Å². The summed E-state index contributed by atoms with van der Waals surface area (Å²) in [6.07, 6.45) is 3.44. The number of hydrogen-bond donors (Lipinski definition) is 2. The molecule has 0 heterocycles. The average molecular weight is 400 g/mol. The van der Waals surface area contributed by atoms with Crippen molar-refractivity contribution in [2.45, 2.75) is 25.7 Å². The molecule has 0 saturated heterocycles. The van der Waals surface area contributed by atoms with Crippen molar-refractivity contribution >= 4 is 17.7 Å². The summed E-state index contributed by atoms with van der Waals surface area (Å²) >= 11 is 5.61. The van der Waals surface area contributed by atoms with Gasteiger partial charge in [-0.1, -0.05) is 12.8 Å². The van der Waals surface area contributed by atoms with Gasteiger partial charge in [-0.25, -0.2) is 4.79 Å². The highest BCUT2D eigenvalue weighted by Gasteiger charge is 1.95. The molecule has 8 nitrogen and oxygen atoms in total. The molecule has 0 aliphatic heterocycles. The van der Waals surface area contributed by atoms with Crippen LogP contribution in [0, 0.1) is 0 Å². The van der Waals surface area contributed by atoms with Crippen LogP contribution in [0.2, 0.25) is 0 Å². The molecular formula is C17H34ClNO7. The molecule has 0 saturated carbocycles. The molecule has 0 atom stereocenters. The fourth-order valence-corrected chi connectivity index (χ4v) is 2.05. The summed E-state index contributed by atoms with van der Waals surface area (Å²) in [5, 5.41) is 10.6. The number of rotatable bonds is 21. The van der Waals surface area contributed by atoms with Crippen molar-refractivity contribution in [1.29, 1.82) is 0 Å². The van der Waals surface area contributed by atoms with Crippen molar-refractivity contribution in [3.63, 3.8) is 0 Å². The SMILES string of the molecule is O=C(O)NCCOCCOCCOCCOCCOCCCCCCCl. The number of amides is 1. The van der Waals surface area contributed by atoms with Crippen LogP contribution < -0.4 is 5.32 Å². The van der Waals surface area contributed by atoms with Crippen LogP contribution in [0.5, 0.6) is 0 Å². The quantitative estimate of drug-likeness (QED) is 0.225. The van der Waals surface area contributed by atoms with Gasteiger partial charge >= 0.3 is 6.09 Å². The Morgan fingerprint density at radius 2 is 1.08 bits per heavy atom. The lowest BCUT2D eigenvalue weighted by atomic mass is 10.2. The third kappa shape index (κ3) is 23.4. The van der Waals surface area contributed by atoms with Gasteiger partial charge in [0.25, 0.3) is 0 Å². The van der Waals surface area contributed by atoms with Gasteiger partial charge in [0.05, 0.1) is 59.5 Å². The Morgan fingerprint density at radius 1 is 0.654 bits per heavy atom. The van der Waals surface area contributed by atoms with Gasteiger partial charge in [0, 0.05) is 19.0 Å². The molecule has 156 valence electrons. The smallest absolute Gasteiger partial charge is 0.404 e. The number of unbranched alkanes of at least 4 members (excludes halogenated alkanes) is 3. The minimum absolute atomic E-state index is 0.276. The Kier molecular flexibility index (Phi) is 21.8. The maximum absolute atomic E-state index is 10.2. The van der Waals surface area contributed by atoms with Gasteiger partial charge in [0.2, 0.25) is 0 Å². The number of nitrogens with one attached hydrogen (secondary N) is 1. The van der Waals surface area contributed by atoms with Gasteiger partial charge < -0.3 is 34.1 Å². The molecule has 0 aromatic heterocycles. The van der Waals surface area contributed by atoms with Crippen LogP contribution in [0.25, 0.3) is 0 Å². The first-order chi connectivity index (χ1) is 12.8. The highest BCUT2D eigenvalue weighted by Crippen LogP contribution is 2.01. The zero-order valence-corrected chi connectivity index (χ0v) is 16.3. The molecule has 0 aromatic carbocycles. The Morgan fingerprint density at radius 3 is 1.54 bits per heavy atom. The van der Waals surface area contributed by atoms with Gasteiger partial charge in [0.1, 0.15) is 0 Å². The molecule has 0 aliphatic rings. The molecule has 0 fully saturated rings. The monoisotopic (exact) mass is 399 g/mol. The first kappa shape index (κ1) is 25.4. The Labute approximate surface area is 161 Å². The number of alkyl halides is 1. The van der Waals surface area contributed by atoms with E-state index in [2.05, 4.69) is 5.32 Å². The van der Waals surface area contributed by atoms with Gasteiger partial charge in [0.15, 0.2) is 0 Å². The summed E-state index contributed by atoms with van der Waals surface area (Å²) in [4.78, 5) is 10.2. The first-order valence-corrected chi connectivity index (χ1v) is 9.72. The van der Waals surface area contributed by atoms with Crippen LogP contribution >= 0.6 is 11.6 Å². The number of halogens is 1. The van der Waals surface area contributed by atoms with E-state index in [4.69, 9.17) is 40.4 Å². The summed E-state index contributed by atoms with van der Waals surface area (Å²) in [6.45, 7) is 5.52. The molecule has 1 amide bonds. The molecule has 0 radical (unpaired) electrons. The van der Waals surface area contributed by atoms with Crippen LogP contribution in [-0.2, 0) is 23.7 Å². The van der Waals surface area contributed by atoms with Crippen molar-refractivity contribution in [2.75, 3.05) is 78.5 Å². The van der Waals surface area contributed by atoms with Crippen molar-refractivity contribution in [2.24, 2.45) is 0 Å². The van der Waals surface area contributed by atoms with E-state index in [1.807, 2.05) is 0 Å².